The van der Waals surface area contributed by atoms with Gasteiger partial charge in [0.05, 0.1) is 16.9 Å². The maximum Gasteiger partial charge on any atom is 0.338 e. The number of nitrogens with zero attached hydrogens (tertiary/aromatic N) is 2. The Balaban J connectivity index is 1.69. The van der Waals surface area contributed by atoms with Crippen LogP contribution < -0.4 is 4.90 Å². The third-order valence-electron chi connectivity index (χ3n) is 4.28. The van der Waals surface area contributed by atoms with Crippen molar-refractivity contribution >= 4 is 40.3 Å². The highest BCUT2D eigenvalue weighted by Crippen LogP contribution is 2.29. The summed E-state index contributed by atoms with van der Waals surface area (Å²) in [5.74, 6) is -0.655. The van der Waals surface area contributed by atoms with Crippen molar-refractivity contribution in [2.75, 3.05) is 4.90 Å². The zero-order valence-corrected chi connectivity index (χ0v) is 16.9. The van der Waals surface area contributed by atoms with Crippen LogP contribution in [0.2, 0.25) is 0 Å². The molecule has 0 aliphatic carbocycles. The summed E-state index contributed by atoms with van der Waals surface area (Å²) in [4.78, 5) is 41.0. The second-order valence-corrected chi connectivity index (χ2v) is 7.15. The molecule has 1 amide bonds. The zero-order valence-electron chi connectivity index (χ0n) is 16.1. The number of hydrogen-bond donors (Lipinski definition) is 0. The van der Waals surface area contributed by atoms with Gasteiger partial charge < -0.3 is 4.74 Å². The largest absolute Gasteiger partial charge is 0.456 e. The van der Waals surface area contributed by atoms with Gasteiger partial charge >= 0.3 is 5.97 Å². The standard InChI is InChI=1S/C22H20N2O4S/c1-3-16-6-10-20(11-7-16)24(15(2)26)22-23-19(14-29-22)13-28-21(27)18-8-4-17(12-25)5-9-18/h4-12,14H,3,13H2,1-2H3. The number of benzene rings is 2. The Morgan fingerprint density at radius 3 is 2.38 bits per heavy atom. The topological polar surface area (TPSA) is 76.6 Å². The lowest BCUT2D eigenvalue weighted by Gasteiger charge is -2.18. The van der Waals surface area contributed by atoms with Crippen molar-refractivity contribution in [3.63, 3.8) is 0 Å². The molecule has 2 aromatic carbocycles. The van der Waals surface area contributed by atoms with Crippen molar-refractivity contribution in [3.8, 4) is 0 Å². The molecule has 0 spiro atoms. The predicted octanol–water partition coefficient (Wildman–Crippen LogP) is 4.56. The van der Waals surface area contributed by atoms with Gasteiger partial charge in [-0.25, -0.2) is 9.78 Å². The highest BCUT2D eigenvalue weighted by molar-refractivity contribution is 7.14. The number of carbonyl (C=O) groups is 3. The molecule has 0 saturated carbocycles. The minimum atomic E-state index is -0.504. The second-order valence-electron chi connectivity index (χ2n) is 6.31. The molecular formula is C22H20N2O4S. The first-order valence-corrected chi connectivity index (χ1v) is 9.96. The molecule has 7 heteroatoms. The normalized spacial score (nSPS) is 10.4. The first kappa shape index (κ1) is 20.4. The van der Waals surface area contributed by atoms with E-state index >= 15 is 0 Å². The van der Waals surface area contributed by atoms with E-state index in [2.05, 4.69) is 11.9 Å². The van der Waals surface area contributed by atoms with Crippen molar-refractivity contribution in [2.45, 2.75) is 26.9 Å². The van der Waals surface area contributed by atoms with Crippen LogP contribution in [-0.2, 0) is 22.6 Å². The smallest absolute Gasteiger partial charge is 0.338 e. The van der Waals surface area contributed by atoms with E-state index in [1.54, 1.807) is 17.5 Å². The van der Waals surface area contributed by atoms with Gasteiger partial charge in [0.25, 0.3) is 0 Å². The SMILES string of the molecule is CCc1ccc(N(C(C)=O)c2nc(COC(=O)c3ccc(C=O)cc3)cs2)cc1. The van der Waals surface area contributed by atoms with Crippen molar-refractivity contribution in [1.82, 2.24) is 4.98 Å². The van der Waals surface area contributed by atoms with Gasteiger partial charge in [0.2, 0.25) is 5.91 Å². The van der Waals surface area contributed by atoms with Gasteiger partial charge in [-0.1, -0.05) is 31.2 Å². The Morgan fingerprint density at radius 1 is 1.10 bits per heavy atom. The summed E-state index contributed by atoms with van der Waals surface area (Å²) in [6.07, 6.45) is 1.63. The number of rotatable bonds is 7. The highest BCUT2D eigenvalue weighted by Gasteiger charge is 2.18. The predicted molar refractivity (Wildman–Crippen MR) is 112 cm³/mol. The molecule has 3 rings (SSSR count). The van der Waals surface area contributed by atoms with Crippen LogP contribution in [0.1, 0.15) is 45.8 Å². The Kier molecular flexibility index (Phi) is 6.51. The lowest BCUT2D eigenvalue weighted by atomic mass is 10.1. The molecule has 0 unspecified atom stereocenters. The number of amides is 1. The van der Waals surface area contributed by atoms with Crippen molar-refractivity contribution in [1.29, 1.82) is 0 Å². The summed E-state index contributed by atoms with van der Waals surface area (Å²) in [7, 11) is 0. The third-order valence-corrected chi connectivity index (χ3v) is 5.16. The second kappa shape index (κ2) is 9.25. The first-order chi connectivity index (χ1) is 14.0. The van der Waals surface area contributed by atoms with E-state index in [1.807, 2.05) is 24.3 Å². The van der Waals surface area contributed by atoms with Gasteiger partial charge in [-0.3, -0.25) is 14.5 Å². The third kappa shape index (κ3) is 4.94. The molecule has 0 aliphatic heterocycles. The lowest BCUT2D eigenvalue weighted by molar-refractivity contribution is -0.115. The fourth-order valence-corrected chi connectivity index (χ4v) is 3.57. The summed E-state index contributed by atoms with van der Waals surface area (Å²) in [5.41, 5.74) is 3.32. The van der Waals surface area contributed by atoms with Crippen LogP contribution in [0.4, 0.5) is 10.8 Å². The fourth-order valence-electron chi connectivity index (χ4n) is 2.69. The lowest BCUT2D eigenvalue weighted by Crippen LogP contribution is -2.22. The number of esters is 1. The van der Waals surface area contributed by atoms with Crippen molar-refractivity contribution < 1.29 is 19.1 Å². The fraction of sp³-hybridized carbons (Fsp3) is 0.182. The molecule has 1 aromatic heterocycles. The monoisotopic (exact) mass is 408 g/mol. The summed E-state index contributed by atoms with van der Waals surface area (Å²) >= 11 is 1.31. The molecule has 0 saturated heterocycles. The van der Waals surface area contributed by atoms with E-state index in [9.17, 15) is 14.4 Å². The number of anilines is 2. The van der Waals surface area contributed by atoms with Gasteiger partial charge in [0, 0.05) is 17.9 Å². The molecule has 3 aromatic rings. The highest BCUT2D eigenvalue weighted by atomic mass is 32.1. The Morgan fingerprint density at radius 2 is 1.79 bits per heavy atom. The van der Waals surface area contributed by atoms with Gasteiger partial charge in [-0.15, -0.1) is 11.3 Å². The van der Waals surface area contributed by atoms with E-state index in [-0.39, 0.29) is 12.5 Å². The number of hydrogen-bond acceptors (Lipinski definition) is 6. The van der Waals surface area contributed by atoms with E-state index in [0.29, 0.717) is 28.2 Å². The number of carbonyl (C=O) groups excluding carboxylic acids is 3. The maximum atomic E-state index is 12.2. The number of aromatic nitrogens is 1. The Bertz CT molecular complexity index is 1010. The summed E-state index contributed by atoms with van der Waals surface area (Å²) in [6.45, 7) is 3.55. The summed E-state index contributed by atoms with van der Waals surface area (Å²) < 4.78 is 5.29. The summed E-state index contributed by atoms with van der Waals surface area (Å²) in [6, 6.07) is 13.9. The zero-order chi connectivity index (χ0) is 20.8. The van der Waals surface area contributed by atoms with Crippen LogP contribution in [0, 0.1) is 0 Å². The van der Waals surface area contributed by atoms with Gasteiger partial charge in [0.1, 0.15) is 12.9 Å². The molecule has 0 radical (unpaired) electrons. The molecule has 6 nitrogen and oxygen atoms in total. The average Bonchev–Trinajstić information content (AvgIpc) is 3.20. The van der Waals surface area contributed by atoms with Crippen LogP contribution in [0.25, 0.3) is 0 Å². The van der Waals surface area contributed by atoms with Crippen LogP contribution in [0.5, 0.6) is 0 Å². The quantitative estimate of drug-likeness (QED) is 0.423. The maximum absolute atomic E-state index is 12.2. The molecule has 0 fully saturated rings. The number of thiazole rings is 1. The van der Waals surface area contributed by atoms with Gasteiger partial charge in [-0.05, 0) is 36.2 Å². The van der Waals surface area contributed by atoms with Gasteiger partial charge in [-0.2, -0.15) is 0 Å². The van der Waals surface area contributed by atoms with Crippen molar-refractivity contribution in [2.24, 2.45) is 0 Å². The Hall–Kier alpha value is -3.32. The molecule has 0 atom stereocenters. The average molecular weight is 408 g/mol. The molecule has 1 heterocycles. The van der Waals surface area contributed by atoms with Crippen LogP contribution in [0.15, 0.2) is 53.9 Å². The van der Waals surface area contributed by atoms with Crippen molar-refractivity contribution in [3.05, 3.63) is 76.3 Å². The molecule has 0 aliphatic rings. The molecule has 0 N–H and O–H groups in total. The van der Waals surface area contributed by atoms with Crippen LogP contribution >= 0.6 is 11.3 Å². The summed E-state index contributed by atoms with van der Waals surface area (Å²) in [5, 5.41) is 2.28. The first-order valence-electron chi connectivity index (χ1n) is 9.08. The Labute approximate surface area is 172 Å². The van der Waals surface area contributed by atoms with Gasteiger partial charge in [0.15, 0.2) is 5.13 Å². The molecule has 148 valence electrons. The van der Waals surface area contributed by atoms with E-state index < -0.39 is 5.97 Å². The minimum absolute atomic E-state index is 0.00865. The van der Waals surface area contributed by atoms with Crippen LogP contribution in [-0.4, -0.2) is 23.1 Å². The number of aryl methyl sites for hydroxylation is 1. The number of aldehydes is 1. The molecular weight excluding hydrogens is 388 g/mol. The minimum Gasteiger partial charge on any atom is -0.456 e. The van der Waals surface area contributed by atoms with E-state index in [4.69, 9.17) is 4.74 Å². The molecule has 0 bridgehead atoms. The number of ether oxygens (including phenoxy) is 1. The van der Waals surface area contributed by atoms with E-state index in [0.717, 1.165) is 12.1 Å². The van der Waals surface area contributed by atoms with Crippen LogP contribution in [0.3, 0.4) is 0 Å². The molecule has 29 heavy (non-hydrogen) atoms. The van der Waals surface area contributed by atoms with E-state index in [1.165, 1.54) is 40.9 Å².